The molecule has 0 spiro atoms. The van der Waals surface area contributed by atoms with Crippen LogP contribution in [-0.2, 0) is 6.54 Å². The molecule has 3 rings (SSSR count). The van der Waals surface area contributed by atoms with Crippen LogP contribution in [0, 0.1) is 6.92 Å². The third-order valence-electron chi connectivity index (χ3n) is 3.27. The average Bonchev–Trinajstić information content (AvgIpc) is 2.55. The molecule has 0 unspecified atom stereocenters. The Labute approximate surface area is 145 Å². The summed E-state index contributed by atoms with van der Waals surface area (Å²) in [6.07, 6.45) is 1.73. The van der Waals surface area contributed by atoms with Crippen LogP contribution < -0.4 is 20.1 Å². The molecule has 0 atom stereocenters. The van der Waals surface area contributed by atoms with Crippen molar-refractivity contribution in [2.45, 2.75) is 13.5 Å². The number of fused-ring (bicyclic) bond motifs is 1. The van der Waals surface area contributed by atoms with E-state index >= 15 is 0 Å². The maximum absolute atomic E-state index is 6.13. The van der Waals surface area contributed by atoms with Crippen LogP contribution in [0.1, 0.15) is 11.1 Å². The molecule has 1 aromatic heterocycles. The lowest BCUT2D eigenvalue weighted by atomic mass is 10.2. The van der Waals surface area contributed by atoms with E-state index in [4.69, 9.17) is 33.3 Å². The van der Waals surface area contributed by atoms with Crippen molar-refractivity contribution in [2.75, 3.05) is 18.5 Å². The largest absolute Gasteiger partial charge is 0.486 e. The number of hydrogen-bond acceptors (Lipinski definition) is 4. The number of aryl methyl sites for hydroxylation is 1. The summed E-state index contributed by atoms with van der Waals surface area (Å²) < 4.78 is 11.1. The Morgan fingerprint density at radius 2 is 2.04 bits per heavy atom. The zero-order valence-electron chi connectivity index (χ0n) is 12.6. The van der Waals surface area contributed by atoms with Crippen LogP contribution in [0.3, 0.4) is 0 Å². The molecule has 2 aromatic rings. The van der Waals surface area contributed by atoms with E-state index in [1.54, 1.807) is 6.20 Å². The van der Waals surface area contributed by atoms with Crippen molar-refractivity contribution >= 4 is 34.7 Å². The number of rotatable bonds is 3. The standard InChI is InChI=1S/C16H16ClN3O2S/c1-10-6-12(17)15(18-8-10)20-16(23)19-9-11-2-3-13-14(7-11)22-5-4-21-13/h2-3,6-8H,4-5,9H2,1H3,(H2,18,19,20,23). The minimum atomic E-state index is 0.457. The maximum Gasteiger partial charge on any atom is 0.172 e. The summed E-state index contributed by atoms with van der Waals surface area (Å²) in [4.78, 5) is 4.22. The number of nitrogens with zero attached hydrogens (tertiary/aromatic N) is 1. The molecule has 0 aliphatic carbocycles. The minimum absolute atomic E-state index is 0.457. The second kappa shape index (κ2) is 7.02. The SMILES string of the molecule is Cc1cnc(NC(=S)NCc2ccc3c(c2)OCCO3)c(Cl)c1. The van der Waals surface area contributed by atoms with E-state index in [1.807, 2.05) is 31.2 Å². The molecule has 1 aliphatic rings. The van der Waals surface area contributed by atoms with Gasteiger partial charge < -0.3 is 20.1 Å². The van der Waals surface area contributed by atoms with Gasteiger partial charge >= 0.3 is 0 Å². The molecular formula is C16H16ClN3O2S. The zero-order chi connectivity index (χ0) is 16.2. The first-order valence-corrected chi connectivity index (χ1v) is 7.96. The lowest BCUT2D eigenvalue weighted by molar-refractivity contribution is 0.171. The molecule has 5 nitrogen and oxygen atoms in total. The number of nitrogens with one attached hydrogen (secondary N) is 2. The normalized spacial score (nSPS) is 12.6. The van der Waals surface area contributed by atoms with Crippen LogP contribution in [0.25, 0.3) is 0 Å². The lowest BCUT2D eigenvalue weighted by Crippen LogP contribution is -2.28. The van der Waals surface area contributed by atoms with Crippen molar-refractivity contribution in [1.82, 2.24) is 10.3 Å². The van der Waals surface area contributed by atoms with Gasteiger partial charge in [-0.05, 0) is 48.5 Å². The Bertz CT molecular complexity index is 739. The Hall–Kier alpha value is -2.05. The molecule has 120 valence electrons. The Morgan fingerprint density at radius 3 is 2.83 bits per heavy atom. The van der Waals surface area contributed by atoms with E-state index in [0.717, 1.165) is 22.6 Å². The summed E-state index contributed by atoms with van der Waals surface area (Å²) in [5.41, 5.74) is 2.04. The summed E-state index contributed by atoms with van der Waals surface area (Å²) >= 11 is 11.4. The molecule has 1 aromatic carbocycles. The number of anilines is 1. The number of pyridine rings is 1. The number of benzene rings is 1. The molecule has 2 heterocycles. The molecule has 0 bridgehead atoms. The van der Waals surface area contributed by atoms with Gasteiger partial charge in [-0.1, -0.05) is 17.7 Å². The summed E-state index contributed by atoms with van der Waals surface area (Å²) in [5.74, 6) is 2.07. The van der Waals surface area contributed by atoms with Gasteiger partial charge in [-0.2, -0.15) is 0 Å². The second-order valence-electron chi connectivity index (χ2n) is 5.13. The molecule has 0 fully saturated rings. The smallest absolute Gasteiger partial charge is 0.172 e. The fourth-order valence-corrected chi connectivity index (χ4v) is 2.59. The summed E-state index contributed by atoms with van der Waals surface area (Å²) in [6.45, 7) is 3.65. The molecular weight excluding hydrogens is 334 g/mol. The second-order valence-corrected chi connectivity index (χ2v) is 5.94. The Balaban J connectivity index is 1.58. The van der Waals surface area contributed by atoms with E-state index in [-0.39, 0.29) is 0 Å². The predicted molar refractivity (Wildman–Crippen MR) is 94.5 cm³/mol. The average molecular weight is 350 g/mol. The number of aromatic nitrogens is 1. The first-order valence-electron chi connectivity index (χ1n) is 7.17. The Kier molecular flexibility index (Phi) is 4.83. The number of thiocarbonyl (C=S) groups is 1. The first-order chi connectivity index (χ1) is 11.1. The fourth-order valence-electron chi connectivity index (χ4n) is 2.16. The molecule has 0 amide bonds. The van der Waals surface area contributed by atoms with E-state index in [9.17, 15) is 0 Å². The Morgan fingerprint density at radius 1 is 1.26 bits per heavy atom. The molecule has 0 radical (unpaired) electrons. The van der Waals surface area contributed by atoms with Crippen molar-refractivity contribution in [3.05, 3.63) is 46.6 Å². The van der Waals surface area contributed by atoms with Gasteiger partial charge in [0.2, 0.25) is 0 Å². The van der Waals surface area contributed by atoms with Gasteiger partial charge in [0.1, 0.15) is 13.2 Å². The zero-order valence-corrected chi connectivity index (χ0v) is 14.1. The molecule has 23 heavy (non-hydrogen) atoms. The van der Waals surface area contributed by atoms with Gasteiger partial charge in [0.25, 0.3) is 0 Å². The third-order valence-corrected chi connectivity index (χ3v) is 3.80. The van der Waals surface area contributed by atoms with Crippen molar-refractivity contribution in [3.8, 4) is 11.5 Å². The number of halogens is 1. The van der Waals surface area contributed by atoms with Gasteiger partial charge in [-0.25, -0.2) is 4.98 Å². The molecule has 1 aliphatic heterocycles. The van der Waals surface area contributed by atoms with E-state index in [1.165, 1.54) is 0 Å². The number of hydrogen-bond donors (Lipinski definition) is 2. The van der Waals surface area contributed by atoms with Crippen molar-refractivity contribution < 1.29 is 9.47 Å². The highest BCUT2D eigenvalue weighted by molar-refractivity contribution is 7.80. The van der Waals surface area contributed by atoms with Crippen LogP contribution in [0.15, 0.2) is 30.5 Å². The molecule has 2 N–H and O–H groups in total. The lowest BCUT2D eigenvalue weighted by Gasteiger charge is -2.19. The molecule has 7 heteroatoms. The third kappa shape index (κ3) is 4.03. The quantitative estimate of drug-likeness (QED) is 0.829. The highest BCUT2D eigenvalue weighted by atomic mass is 35.5. The van der Waals surface area contributed by atoms with Gasteiger partial charge in [-0.15, -0.1) is 0 Å². The van der Waals surface area contributed by atoms with Crippen LogP contribution in [0.2, 0.25) is 5.02 Å². The van der Waals surface area contributed by atoms with Gasteiger partial charge in [0, 0.05) is 12.7 Å². The fraction of sp³-hybridized carbons (Fsp3) is 0.250. The van der Waals surface area contributed by atoms with Crippen LogP contribution >= 0.6 is 23.8 Å². The van der Waals surface area contributed by atoms with Crippen molar-refractivity contribution in [1.29, 1.82) is 0 Å². The van der Waals surface area contributed by atoms with Crippen LogP contribution in [0.5, 0.6) is 11.5 Å². The van der Waals surface area contributed by atoms with Gasteiger partial charge in [0.05, 0.1) is 5.02 Å². The monoisotopic (exact) mass is 349 g/mol. The number of ether oxygens (including phenoxy) is 2. The predicted octanol–water partition coefficient (Wildman–Crippen LogP) is 3.30. The van der Waals surface area contributed by atoms with Crippen molar-refractivity contribution in [3.63, 3.8) is 0 Å². The van der Waals surface area contributed by atoms with Crippen LogP contribution in [0.4, 0.5) is 5.82 Å². The van der Waals surface area contributed by atoms with Gasteiger partial charge in [0.15, 0.2) is 22.4 Å². The highest BCUT2D eigenvalue weighted by Crippen LogP contribution is 2.30. The molecule has 0 saturated heterocycles. The van der Waals surface area contributed by atoms with E-state index < -0.39 is 0 Å². The molecule has 0 saturated carbocycles. The summed E-state index contributed by atoms with van der Waals surface area (Å²) in [6, 6.07) is 7.65. The topological polar surface area (TPSA) is 55.4 Å². The first kappa shape index (κ1) is 15.8. The highest BCUT2D eigenvalue weighted by Gasteiger charge is 2.12. The van der Waals surface area contributed by atoms with Gasteiger partial charge in [-0.3, -0.25) is 0 Å². The summed E-state index contributed by atoms with van der Waals surface area (Å²) in [5, 5.41) is 7.10. The summed E-state index contributed by atoms with van der Waals surface area (Å²) in [7, 11) is 0. The van der Waals surface area contributed by atoms with Crippen molar-refractivity contribution in [2.24, 2.45) is 0 Å². The maximum atomic E-state index is 6.13. The minimum Gasteiger partial charge on any atom is -0.486 e. The van der Waals surface area contributed by atoms with Crippen LogP contribution in [-0.4, -0.2) is 23.3 Å². The van der Waals surface area contributed by atoms with E-state index in [2.05, 4.69) is 15.6 Å². The van der Waals surface area contributed by atoms with E-state index in [0.29, 0.717) is 35.7 Å².